The number of nitrogens with zero attached hydrogens (tertiary/aromatic N) is 1. The molecular formula is C22H25NO3. The zero-order valence-electron chi connectivity index (χ0n) is 15.2. The van der Waals surface area contributed by atoms with E-state index in [1.165, 1.54) is 19.3 Å². The summed E-state index contributed by atoms with van der Waals surface area (Å²) in [4.78, 5) is 27.2. The molecule has 0 saturated carbocycles. The van der Waals surface area contributed by atoms with E-state index >= 15 is 0 Å². The number of hydrogen-bond donors (Lipinski definition) is 0. The summed E-state index contributed by atoms with van der Waals surface area (Å²) in [6.07, 6.45) is 3.81. The molecule has 1 heterocycles. The molecule has 2 aromatic carbocycles. The van der Waals surface area contributed by atoms with Gasteiger partial charge in [0, 0.05) is 17.7 Å². The first kappa shape index (κ1) is 18.3. The van der Waals surface area contributed by atoms with Crippen molar-refractivity contribution in [1.29, 1.82) is 0 Å². The average Bonchev–Trinajstić information content (AvgIpc) is 2.69. The SMILES string of the molecule is CCOC(=O)c1cccc(C(=O)c2cccc(CN3CCCCC3)c2)c1. The normalized spacial score (nSPS) is 14.8. The molecular weight excluding hydrogens is 326 g/mol. The summed E-state index contributed by atoms with van der Waals surface area (Å²) >= 11 is 0. The second kappa shape index (κ2) is 8.77. The van der Waals surface area contributed by atoms with Gasteiger partial charge in [0.1, 0.15) is 0 Å². The first-order chi connectivity index (χ1) is 12.7. The number of carbonyl (C=O) groups excluding carboxylic acids is 2. The van der Waals surface area contributed by atoms with Crippen LogP contribution in [0.2, 0.25) is 0 Å². The predicted octanol–water partition coefficient (Wildman–Crippen LogP) is 4.08. The van der Waals surface area contributed by atoms with Crippen LogP contribution in [0, 0.1) is 0 Å². The quantitative estimate of drug-likeness (QED) is 0.581. The molecule has 0 spiro atoms. The van der Waals surface area contributed by atoms with Gasteiger partial charge in [-0.1, -0.05) is 36.8 Å². The van der Waals surface area contributed by atoms with Crippen molar-refractivity contribution in [1.82, 2.24) is 4.90 Å². The van der Waals surface area contributed by atoms with E-state index < -0.39 is 5.97 Å². The third-order valence-electron chi connectivity index (χ3n) is 4.68. The molecule has 0 bridgehead atoms. The first-order valence-corrected chi connectivity index (χ1v) is 9.30. The lowest BCUT2D eigenvalue weighted by molar-refractivity contribution is 0.0526. The van der Waals surface area contributed by atoms with Crippen LogP contribution in [0.3, 0.4) is 0 Å². The number of benzene rings is 2. The fourth-order valence-corrected chi connectivity index (χ4v) is 3.36. The Bertz CT molecular complexity index is 778. The van der Waals surface area contributed by atoms with Gasteiger partial charge in [-0.2, -0.15) is 0 Å². The van der Waals surface area contributed by atoms with Crippen LogP contribution in [0.15, 0.2) is 48.5 Å². The highest BCUT2D eigenvalue weighted by Gasteiger charge is 2.15. The molecule has 1 aliphatic rings. The minimum atomic E-state index is -0.402. The maximum absolute atomic E-state index is 12.9. The number of hydrogen-bond acceptors (Lipinski definition) is 4. The molecule has 4 nitrogen and oxygen atoms in total. The Morgan fingerprint density at radius 1 is 0.923 bits per heavy atom. The van der Waals surface area contributed by atoms with E-state index in [1.54, 1.807) is 31.2 Å². The summed E-state index contributed by atoms with van der Waals surface area (Å²) in [7, 11) is 0. The molecule has 0 aliphatic carbocycles. The van der Waals surface area contributed by atoms with Gasteiger partial charge in [-0.05, 0) is 56.6 Å². The zero-order valence-corrected chi connectivity index (χ0v) is 15.2. The van der Waals surface area contributed by atoms with Crippen LogP contribution >= 0.6 is 0 Å². The molecule has 1 fully saturated rings. The average molecular weight is 351 g/mol. The van der Waals surface area contributed by atoms with Gasteiger partial charge in [0.2, 0.25) is 0 Å². The third-order valence-corrected chi connectivity index (χ3v) is 4.68. The smallest absolute Gasteiger partial charge is 0.338 e. The van der Waals surface area contributed by atoms with E-state index in [1.807, 2.05) is 18.2 Å². The van der Waals surface area contributed by atoms with Crippen molar-refractivity contribution in [2.45, 2.75) is 32.7 Å². The molecule has 4 heteroatoms. The Balaban J connectivity index is 1.76. The van der Waals surface area contributed by atoms with Gasteiger partial charge in [-0.3, -0.25) is 9.69 Å². The zero-order chi connectivity index (χ0) is 18.4. The molecule has 26 heavy (non-hydrogen) atoms. The molecule has 0 atom stereocenters. The van der Waals surface area contributed by atoms with Crippen LogP contribution in [0.25, 0.3) is 0 Å². The number of ketones is 1. The molecule has 1 aliphatic heterocycles. The minimum absolute atomic E-state index is 0.0726. The van der Waals surface area contributed by atoms with Crippen LogP contribution in [0.1, 0.15) is 58.0 Å². The Kier molecular flexibility index (Phi) is 6.18. The Morgan fingerprint density at radius 3 is 2.31 bits per heavy atom. The van der Waals surface area contributed by atoms with Gasteiger partial charge in [0.15, 0.2) is 5.78 Å². The van der Waals surface area contributed by atoms with Crippen molar-refractivity contribution in [3.63, 3.8) is 0 Å². The van der Waals surface area contributed by atoms with Gasteiger partial charge in [-0.15, -0.1) is 0 Å². The number of ether oxygens (including phenoxy) is 1. The van der Waals surface area contributed by atoms with E-state index in [0.29, 0.717) is 23.3 Å². The van der Waals surface area contributed by atoms with Crippen LogP contribution in [0.5, 0.6) is 0 Å². The van der Waals surface area contributed by atoms with E-state index in [-0.39, 0.29) is 5.78 Å². The van der Waals surface area contributed by atoms with Gasteiger partial charge < -0.3 is 4.74 Å². The van der Waals surface area contributed by atoms with E-state index in [9.17, 15) is 9.59 Å². The molecule has 1 saturated heterocycles. The second-order valence-corrected chi connectivity index (χ2v) is 6.67. The molecule has 136 valence electrons. The highest BCUT2D eigenvalue weighted by atomic mass is 16.5. The Hall–Kier alpha value is -2.46. The Labute approximate surface area is 154 Å². The van der Waals surface area contributed by atoms with E-state index in [0.717, 1.165) is 25.2 Å². The van der Waals surface area contributed by atoms with Gasteiger partial charge >= 0.3 is 5.97 Å². The van der Waals surface area contributed by atoms with Gasteiger partial charge in [0.25, 0.3) is 0 Å². The molecule has 0 aromatic heterocycles. The number of piperidine rings is 1. The molecule has 0 radical (unpaired) electrons. The topological polar surface area (TPSA) is 46.6 Å². The number of esters is 1. The van der Waals surface area contributed by atoms with Crippen LogP contribution < -0.4 is 0 Å². The summed E-state index contributed by atoms with van der Waals surface area (Å²) in [5.74, 6) is -0.474. The van der Waals surface area contributed by atoms with Gasteiger partial charge in [0.05, 0.1) is 12.2 Å². The van der Waals surface area contributed by atoms with Gasteiger partial charge in [-0.25, -0.2) is 4.79 Å². The summed E-state index contributed by atoms with van der Waals surface area (Å²) in [5, 5.41) is 0. The summed E-state index contributed by atoms with van der Waals surface area (Å²) in [6.45, 7) is 5.21. The third kappa shape index (κ3) is 4.58. The molecule has 0 amide bonds. The van der Waals surface area contributed by atoms with Crippen molar-refractivity contribution < 1.29 is 14.3 Å². The fourth-order valence-electron chi connectivity index (χ4n) is 3.36. The van der Waals surface area contributed by atoms with Crippen LogP contribution in [-0.2, 0) is 11.3 Å². The van der Waals surface area contributed by atoms with E-state index in [2.05, 4.69) is 11.0 Å². The summed E-state index contributed by atoms with van der Waals surface area (Å²) < 4.78 is 5.02. The lowest BCUT2D eigenvalue weighted by atomic mass is 9.99. The first-order valence-electron chi connectivity index (χ1n) is 9.30. The number of likely N-dealkylation sites (tertiary alicyclic amines) is 1. The van der Waals surface area contributed by atoms with Crippen LogP contribution in [0.4, 0.5) is 0 Å². The van der Waals surface area contributed by atoms with Crippen LogP contribution in [-0.4, -0.2) is 36.3 Å². The molecule has 0 N–H and O–H groups in total. The summed E-state index contributed by atoms with van der Waals surface area (Å²) in [6, 6.07) is 14.5. The van der Waals surface area contributed by atoms with Crippen molar-refractivity contribution in [2.75, 3.05) is 19.7 Å². The number of rotatable bonds is 6. The van der Waals surface area contributed by atoms with E-state index in [4.69, 9.17) is 4.74 Å². The second-order valence-electron chi connectivity index (χ2n) is 6.67. The standard InChI is InChI=1S/C22H25NO3/c1-2-26-22(25)20-11-7-10-19(15-20)21(24)18-9-6-8-17(14-18)16-23-12-4-3-5-13-23/h6-11,14-15H,2-5,12-13,16H2,1H3. The fraction of sp³-hybridized carbons (Fsp3) is 0.364. The maximum atomic E-state index is 12.9. The largest absolute Gasteiger partial charge is 0.462 e. The van der Waals surface area contributed by atoms with Crippen molar-refractivity contribution in [2.24, 2.45) is 0 Å². The summed E-state index contributed by atoms with van der Waals surface area (Å²) in [5.41, 5.74) is 2.72. The number of carbonyl (C=O) groups is 2. The highest BCUT2D eigenvalue weighted by Crippen LogP contribution is 2.17. The monoisotopic (exact) mass is 351 g/mol. The van der Waals surface area contributed by atoms with Crippen molar-refractivity contribution in [3.8, 4) is 0 Å². The molecule has 3 rings (SSSR count). The molecule has 0 unspecified atom stereocenters. The lowest BCUT2D eigenvalue weighted by Crippen LogP contribution is -2.29. The molecule has 2 aromatic rings. The maximum Gasteiger partial charge on any atom is 0.338 e. The highest BCUT2D eigenvalue weighted by molar-refractivity contribution is 6.10. The minimum Gasteiger partial charge on any atom is -0.462 e. The predicted molar refractivity (Wildman–Crippen MR) is 101 cm³/mol. The Morgan fingerprint density at radius 2 is 1.58 bits per heavy atom. The van der Waals surface area contributed by atoms with Crippen molar-refractivity contribution >= 4 is 11.8 Å². The lowest BCUT2D eigenvalue weighted by Gasteiger charge is -2.26. The van der Waals surface area contributed by atoms with Crippen molar-refractivity contribution in [3.05, 3.63) is 70.8 Å².